The van der Waals surface area contributed by atoms with Gasteiger partial charge in [-0.05, 0) is 19.9 Å². The van der Waals surface area contributed by atoms with Crippen LogP contribution < -0.4 is 5.32 Å². The molecule has 9 heteroatoms. The van der Waals surface area contributed by atoms with Gasteiger partial charge in [-0.25, -0.2) is 4.98 Å². The van der Waals surface area contributed by atoms with Crippen molar-refractivity contribution in [3.8, 4) is 11.6 Å². The maximum Gasteiger partial charge on any atom is 0.322 e. The molecule has 3 aromatic rings. The van der Waals surface area contributed by atoms with Crippen LogP contribution in [-0.2, 0) is 7.05 Å². The van der Waals surface area contributed by atoms with Crippen LogP contribution in [0.5, 0.6) is 0 Å². The molecule has 21 heavy (non-hydrogen) atoms. The molecule has 0 unspecified atom stereocenters. The molecule has 1 amide bonds. The molecule has 0 saturated heterocycles. The lowest BCUT2D eigenvalue weighted by Crippen LogP contribution is -2.13. The minimum atomic E-state index is -0.400. The van der Waals surface area contributed by atoms with Crippen LogP contribution in [0, 0.1) is 13.8 Å². The zero-order valence-electron chi connectivity index (χ0n) is 11.6. The minimum Gasteiger partial charge on any atom is -0.401 e. The van der Waals surface area contributed by atoms with Crippen molar-refractivity contribution in [1.82, 2.24) is 25.0 Å². The van der Waals surface area contributed by atoms with Crippen molar-refractivity contribution >= 4 is 23.3 Å². The summed E-state index contributed by atoms with van der Waals surface area (Å²) in [6.45, 7) is 3.75. The molecule has 1 N–H and O–H groups in total. The van der Waals surface area contributed by atoms with E-state index in [0.29, 0.717) is 11.4 Å². The van der Waals surface area contributed by atoms with E-state index in [1.807, 2.05) is 19.2 Å². The molecule has 3 aromatic heterocycles. The van der Waals surface area contributed by atoms with E-state index in [0.717, 1.165) is 10.7 Å². The van der Waals surface area contributed by atoms with E-state index in [-0.39, 0.29) is 11.9 Å². The monoisotopic (exact) mass is 304 g/mol. The number of hydrogen-bond acceptors (Lipinski definition) is 7. The molecule has 8 nitrogen and oxygen atoms in total. The first-order chi connectivity index (χ1) is 10.0. The molecule has 0 atom stereocenters. The van der Waals surface area contributed by atoms with E-state index < -0.39 is 5.91 Å². The number of thiazole rings is 1. The molecule has 0 spiro atoms. The van der Waals surface area contributed by atoms with Gasteiger partial charge in [0, 0.05) is 18.1 Å². The highest BCUT2D eigenvalue weighted by Gasteiger charge is 2.16. The SMILES string of the molecule is Cc1nc(-c2nnc(NC(=O)c3cc(C)n(C)n3)o2)cs1. The highest BCUT2D eigenvalue weighted by Crippen LogP contribution is 2.21. The van der Waals surface area contributed by atoms with Crippen molar-refractivity contribution in [3.63, 3.8) is 0 Å². The summed E-state index contributed by atoms with van der Waals surface area (Å²) in [7, 11) is 1.77. The first-order valence-electron chi connectivity index (χ1n) is 6.11. The van der Waals surface area contributed by atoms with Gasteiger partial charge in [0.25, 0.3) is 11.8 Å². The van der Waals surface area contributed by atoms with Crippen molar-refractivity contribution < 1.29 is 9.21 Å². The van der Waals surface area contributed by atoms with Gasteiger partial charge in [-0.1, -0.05) is 5.10 Å². The van der Waals surface area contributed by atoms with E-state index in [1.54, 1.807) is 17.8 Å². The maximum absolute atomic E-state index is 12.0. The van der Waals surface area contributed by atoms with Crippen molar-refractivity contribution in [2.45, 2.75) is 13.8 Å². The fourth-order valence-electron chi connectivity index (χ4n) is 1.67. The lowest BCUT2D eigenvalue weighted by molar-refractivity contribution is 0.101. The first kappa shape index (κ1) is 13.4. The fraction of sp³-hybridized carbons (Fsp3) is 0.250. The van der Waals surface area contributed by atoms with Crippen molar-refractivity contribution in [2.24, 2.45) is 7.05 Å². The molecule has 0 aliphatic carbocycles. The van der Waals surface area contributed by atoms with Crippen LogP contribution in [0.3, 0.4) is 0 Å². The third kappa shape index (κ3) is 2.68. The smallest absolute Gasteiger partial charge is 0.322 e. The Kier molecular flexibility index (Phi) is 3.26. The molecule has 0 bridgehead atoms. The molecule has 0 aromatic carbocycles. The highest BCUT2D eigenvalue weighted by molar-refractivity contribution is 7.09. The Balaban J connectivity index is 1.76. The lowest BCUT2D eigenvalue weighted by Gasteiger charge is -1.95. The predicted octanol–water partition coefficient (Wildman–Crippen LogP) is 1.80. The summed E-state index contributed by atoms with van der Waals surface area (Å²) in [5.74, 6) is -0.129. The molecule has 0 fully saturated rings. The van der Waals surface area contributed by atoms with Gasteiger partial charge >= 0.3 is 6.01 Å². The zero-order valence-corrected chi connectivity index (χ0v) is 12.4. The van der Waals surface area contributed by atoms with Crippen LogP contribution >= 0.6 is 11.3 Å². The van der Waals surface area contributed by atoms with E-state index in [9.17, 15) is 4.79 Å². The van der Waals surface area contributed by atoms with E-state index in [4.69, 9.17) is 4.42 Å². The van der Waals surface area contributed by atoms with Crippen LogP contribution in [0.2, 0.25) is 0 Å². The van der Waals surface area contributed by atoms with Gasteiger partial charge in [0.15, 0.2) is 5.69 Å². The Hall–Kier alpha value is -2.55. The van der Waals surface area contributed by atoms with E-state index in [1.165, 1.54) is 11.3 Å². The van der Waals surface area contributed by atoms with Gasteiger partial charge in [0.2, 0.25) is 0 Å². The lowest BCUT2D eigenvalue weighted by atomic mass is 10.3. The van der Waals surface area contributed by atoms with Gasteiger partial charge in [-0.15, -0.1) is 16.4 Å². The Bertz CT molecular complexity index is 783. The Morgan fingerprint density at radius 3 is 2.81 bits per heavy atom. The summed E-state index contributed by atoms with van der Waals surface area (Å²) < 4.78 is 6.98. The topological polar surface area (TPSA) is 98.7 Å². The number of anilines is 1. The molecule has 3 heterocycles. The summed E-state index contributed by atoms with van der Waals surface area (Å²) in [5.41, 5.74) is 1.77. The Labute approximate surface area is 123 Å². The van der Waals surface area contributed by atoms with Gasteiger partial charge in [-0.3, -0.25) is 14.8 Å². The summed E-state index contributed by atoms with van der Waals surface area (Å²) in [6.07, 6.45) is 0. The molecule has 0 saturated carbocycles. The summed E-state index contributed by atoms with van der Waals surface area (Å²) in [4.78, 5) is 16.2. The number of nitrogens with one attached hydrogen (secondary N) is 1. The summed E-state index contributed by atoms with van der Waals surface area (Å²) in [6, 6.07) is 1.69. The molecule has 3 rings (SSSR count). The molecule has 0 aliphatic rings. The van der Waals surface area contributed by atoms with Crippen LogP contribution in [0.15, 0.2) is 15.9 Å². The molecular weight excluding hydrogens is 292 g/mol. The number of aromatic nitrogens is 5. The number of carbonyl (C=O) groups excluding carboxylic acids is 1. The normalized spacial score (nSPS) is 10.8. The second kappa shape index (κ2) is 5.09. The maximum atomic E-state index is 12.0. The quantitative estimate of drug-likeness (QED) is 0.792. The van der Waals surface area contributed by atoms with Crippen LogP contribution in [0.1, 0.15) is 21.2 Å². The number of nitrogens with zero attached hydrogens (tertiary/aromatic N) is 5. The third-order valence-electron chi connectivity index (χ3n) is 2.83. The predicted molar refractivity (Wildman–Crippen MR) is 76.0 cm³/mol. The number of hydrogen-bond donors (Lipinski definition) is 1. The summed E-state index contributed by atoms with van der Waals surface area (Å²) >= 11 is 1.48. The number of carbonyl (C=O) groups is 1. The number of aryl methyl sites for hydroxylation is 3. The zero-order chi connectivity index (χ0) is 15.0. The molecule has 0 radical (unpaired) electrons. The van der Waals surface area contributed by atoms with Gasteiger partial charge in [0.05, 0.1) is 5.01 Å². The van der Waals surface area contributed by atoms with Crippen molar-refractivity contribution in [2.75, 3.05) is 5.32 Å². The van der Waals surface area contributed by atoms with Gasteiger partial charge in [0.1, 0.15) is 5.69 Å². The average molecular weight is 304 g/mol. The van der Waals surface area contributed by atoms with E-state index in [2.05, 4.69) is 25.6 Å². The van der Waals surface area contributed by atoms with Crippen LogP contribution in [0.25, 0.3) is 11.6 Å². The molecular formula is C12H12N6O2S. The largest absolute Gasteiger partial charge is 0.401 e. The fourth-order valence-corrected chi connectivity index (χ4v) is 2.26. The molecule has 108 valence electrons. The van der Waals surface area contributed by atoms with Gasteiger partial charge < -0.3 is 4.42 Å². The van der Waals surface area contributed by atoms with Crippen molar-refractivity contribution in [3.05, 3.63) is 27.8 Å². The standard InChI is InChI=1S/C12H12N6O2S/c1-6-4-8(17-18(6)3)10(19)14-12-16-15-11(20-12)9-5-21-7(2)13-9/h4-5H,1-3H3,(H,14,16,19). The second-order valence-corrected chi connectivity index (χ2v) is 5.48. The van der Waals surface area contributed by atoms with Crippen LogP contribution in [0.4, 0.5) is 6.01 Å². The minimum absolute atomic E-state index is 0.0176. The van der Waals surface area contributed by atoms with Gasteiger partial charge in [-0.2, -0.15) is 5.10 Å². The van der Waals surface area contributed by atoms with E-state index >= 15 is 0 Å². The highest BCUT2D eigenvalue weighted by atomic mass is 32.1. The second-order valence-electron chi connectivity index (χ2n) is 4.41. The summed E-state index contributed by atoms with van der Waals surface area (Å²) in [5, 5.41) is 16.9. The third-order valence-corrected chi connectivity index (χ3v) is 3.60. The Morgan fingerprint density at radius 2 is 2.19 bits per heavy atom. The first-order valence-corrected chi connectivity index (χ1v) is 6.99. The Morgan fingerprint density at radius 1 is 1.38 bits per heavy atom. The number of amides is 1. The van der Waals surface area contributed by atoms with Crippen LogP contribution in [-0.4, -0.2) is 30.9 Å². The average Bonchev–Trinajstić information content (AvgIpc) is 3.12. The number of rotatable bonds is 3. The molecule has 0 aliphatic heterocycles. The van der Waals surface area contributed by atoms with Crippen molar-refractivity contribution in [1.29, 1.82) is 0 Å².